The molecule has 0 aliphatic heterocycles. The molecule has 0 atom stereocenters. The van der Waals surface area contributed by atoms with E-state index in [0.29, 0.717) is 0 Å². The molecule has 0 saturated carbocycles. The molecule has 132 valence electrons. The molecule has 0 nitrogen and oxygen atoms in total. The van der Waals surface area contributed by atoms with E-state index in [1.54, 1.807) is 0 Å². The molecule has 0 heterocycles. The van der Waals surface area contributed by atoms with E-state index in [0.717, 1.165) is 12.0 Å². The van der Waals surface area contributed by atoms with Gasteiger partial charge < -0.3 is 0 Å². The van der Waals surface area contributed by atoms with Crippen LogP contribution in [0.5, 0.6) is 0 Å². The molecule has 0 spiro atoms. The van der Waals surface area contributed by atoms with E-state index in [2.05, 4.69) is 91.7 Å². The minimum absolute atomic E-state index is 0.885. The first kappa shape index (κ1) is 16.6. The van der Waals surface area contributed by atoms with Crippen LogP contribution in [0.15, 0.2) is 96.9 Å². The van der Waals surface area contributed by atoms with Crippen molar-refractivity contribution in [1.82, 2.24) is 0 Å². The highest BCUT2D eigenvalue weighted by Crippen LogP contribution is 2.36. The summed E-state index contributed by atoms with van der Waals surface area (Å²) >= 11 is 0. The van der Waals surface area contributed by atoms with Gasteiger partial charge in [-0.2, -0.15) is 0 Å². The molecule has 4 aromatic carbocycles. The van der Waals surface area contributed by atoms with Gasteiger partial charge in [0.15, 0.2) is 0 Å². The van der Waals surface area contributed by atoms with Crippen LogP contribution in [0.3, 0.4) is 0 Å². The highest BCUT2D eigenvalue weighted by atomic mass is 14.2. The lowest BCUT2D eigenvalue weighted by atomic mass is 9.88. The van der Waals surface area contributed by atoms with Gasteiger partial charge in [0.05, 0.1) is 0 Å². The van der Waals surface area contributed by atoms with Gasteiger partial charge in [0.25, 0.3) is 0 Å². The molecular formula is C28H20. The summed E-state index contributed by atoms with van der Waals surface area (Å²) in [6.07, 6.45) is 9.02. The topological polar surface area (TPSA) is 0 Å². The van der Waals surface area contributed by atoms with Crippen LogP contribution in [-0.2, 0) is 0 Å². The minimum Gasteiger partial charge on any atom is -0.125 e. The molecule has 0 heteroatoms. The number of hydrogen-bond acceptors (Lipinski definition) is 0. The Morgan fingerprint density at radius 1 is 0.929 bits per heavy atom. The van der Waals surface area contributed by atoms with Crippen LogP contribution in [0.1, 0.15) is 18.9 Å². The van der Waals surface area contributed by atoms with Crippen molar-refractivity contribution in [2.45, 2.75) is 13.3 Å². The highest BCUT2D eigenvalue weighted by molar-refractivity contribution is 6.23. The zero-order chi connectivity index (χ0) is 19.1. The summed E-state index contributed by atoms with van der Waals surface area (Å²) in [5.74, 6) is 0. The average Bonchev–Trinajstić information content (AvgIpc) is 2.76. The second-order valence-electron chi connectivity index (χ2n) is 7.32. The molecule has 0 N–H and O–H groups in total. The second-order valence-corrected chi connectivity index (χ2v) is 7.32. The summed E-state index contributed by atoms with van der Waals surface area (Å²) in [6.45, 7) is 6.18. The predicted molar refractivity (Wildman–Crippen MR) is 122 cm³/mol. The monoisotopic (exact) mass is 356 g/mol. The van der Waals surface area contributed by atoms with Crippen molar-refractivity contribution in [2.75, 3.05) is 0 Å². The van der Waals surface area contributed by atoms with Crippen molar-refractivity contribution in [1.29, 1.82) is 0 Å². The first-order chi connectivity index (χ1) is 13.8. The van der Waals surface area contributed by atoms with Gasteiger partial charge in [0.2, 0.25) is 0 Å². The first-order valence-electron chi connectivity index (χ1n) is 9.62. The van der Waals surface area contributed by atoms with Crippen LogP contribution in [0.25, 0.3) is 43.5 Å². The molecule has 5 rings (SSSR count). The summed E-state index contributed by atoms with van der Waals surface area (Å²) in [5.41, 5.74) is 9.94. The molecular weight excluding hydrogens is 336 g/mol. The van der Waals surface area contributed by atoms with E-state index in [9.17, 15) is 0 Å². The Labute approximate surface area is 164 Å². The number of allylic oxidation sites excluding steroid dienone is 4. The van der Waals surface area contributed by atoms with Crippen molar-refractivity contribution in [3.63, 3.8) is 0 Å². The van der Waals surface area contributed by atoms with Gasteiger partial charge in [0, 0.05) is 5.57 Å². The van der Waals surface area contributed by atoms with Crippen molar-refractivity contribution in [2.24, 2.45) is 0 Å². The first-order valence-corrected chi connectivity index (χ1v) is 9.62. The van der Waals surface area contributed by atoms with Gasteiger partial charge in [0.1, 0.15) is 0 Å². The smallest absolute Gasteiger partial charge is 0.0237 e. The molecule has 1 aliphatic rings. The van der Waals surface area contributed by atoms with E-state index < -0.39 is 0 Å². The predicted octanol–water partition coefficient (Wildman–Crippen LogP) is 6.88. The largest absolute Gasteiger partial charge is 0.125 e. The third-order valence-corrected chi connectivity index (χ3v) is 5.68. The minimum atomic E-state index is 0.885. The van der Waals surface area contributed by atoms with Crippen molar-refractivity contribution < 1.29 is 0 Å². The lowest BCUT2D eigenvalue weighted by molar-refractivity contribution is 1.35. The van der Waals surface area contributed by atoms with Gasteiger partial charge in [-0.05, 0) is 80.7 Å². The maximum Gasteiger partial charge on any atom is 0.0237 e. The quantitative estimate of drug-likeness (QED) is 0.183. The Hall–Kier alpha value is -3.56. The fourth-order valence-corrected chi connectivity index (χ4v) is 4.32. The molecule has 28 heavy (non-hydrogen) atoms. The fraction of sp³-hybridized carbons (Fsp3) is 0.0714. The number of rotatable bonds is 0. The van der Waals surface area contributed by atoms with Crippen LogP contribution in [0, 0.1) is 0 Å². The zero-order valence-electron chi connectivity index (χ0n) is 15.9. The Morgan fingerprint density at radius 3 is 2.71 bits per heavy atom. The van der Waals surface area contributed by atoms with Gasteiger partial charge in [-0.25, -0.2) is 0 Å². The molecule has 0 amide bonds. The van der Waals surface area contributed by atoms with Crippen molar-refractivity contribution in [3.05, 3.63) is 108 Å². The van der Waals surface area contributed by atoms with E-state index >= 15 is 0 Å². The van der Waals surface area contributed by atoms with E-state index in [-0.39, 0.29) is 0 Å². The zero-order valence-corrected chi connectivity index (χ0v) is 15.9. The summed E-state index contributed by atoms with van der Waals surface area (Å²) in [7, 11) is 0. The Balaban J connectivity index is 2.09. The molecule has 0 fully saturated rings. The van der Waals surface area contributed by atoms with Crippen molar-refractivity contribution in [3.8, 4) is 0 Å². The fourth-order valence-electron chi connectivity index (χ4n) is 4.32. The van der Waals surface area contributed by atoms with Crippen LogP contribution >= 0.6 is 0 Å². The van der Waals surface area contributed by atoms with Gasteiger partial charge in [-0.1, -0.05) is 66.8 Å². The van der Waals surface area contributed by atoms with E-state index in [4.69, 9.17) is 0 Å². The SMILES string of the molecule is C=C=C1/C=C\C=C=CC/C(C)=c2/ccc3c4ccccc4cc4ccc1c2c43. The Morgan fingerprint density at radius 2 is 1.82 bits per heavy atom. The third-order valence-electron chi connectivity index (χ3n) is 5.68. The standard InChI is InChI=1S/C28H20/c1-3-20-11-7-5-4-6-10-19(2)23-16-17-26-24-13-9-8-12-21(24)18-22-14-15-25(20)28(23)27(22)26/h5-9,11-18H,1,10H2,2H3/b11-7-,23-19-. The van der Waals surface area contributed by atoms with Crippen LogP contribution in [0.4, 0.5) is 0 Å². The van der Waals surface area contributed by atoms with Crippen LogP contribution in [0.2, 0.25) is 0 Å². The lowest BCUT2D eigenvalue weighted by Crippen LogP contribution is -2.08. The maximum atomic E-state index is 3.96. The van der Waals surface area contributed by atoms with Gasteiger partial charge >= 0.3 is 0 Å². The highest BCUT2D eigenvalue weighted by Gasteiger charge is 2.13. The van der Waals surface area contributed by atoms with Crippen molar-refractivity contribution >= 4 is 43.5 Å². The van der Waals surface area contributed by atoms with Crippen LogP contribution in [-0.4, -0.2) is 0 Å². The normalized spacial score (nSPS) is 17.1. The maximum absolute atomic E-state index is 3.96. The summed E-state index contributed by atoms with van der Waals surface area (Å²) < 4.78 is 0. The molecule has 0 aromatic heterocycles. The lowest BCUT2D eigenvalue weighted by Gasteiger charge is -2.15. The van der Waals surface area contributed by atoms with E-state index in [1.807, 2.05) is 12.2 Å². The third kappa shape index (κ3) is 2.48. The molecule has 0 unspecified atom stereocenters. The molecule has 1 aliphatic carbocycles. The number of fused-ring (bicyclic) bond motifs is 2. The number of hydrogen-bond donors (Lipinski definition) is 0. The summed E-state index contributed by atoms with van der Waals surface area (Å²) in [6, 6.07) is 20.0. The summed E-state index contributed by atoms with van der Waals surface area (Å²) in [5, 5.41) is 9.07. The molecule has 0 radical (unpaired) electrons. The second kappa shape index (κ2) is 6.55. The van der Waals surface area contributed by atoms with Gasteiger partial charge in [-0.3, -0.25) is 0 Å². The van der Waals surface area contributed by atoms with E-state index in [1.165, 1.54) is 48.7 Å². The van der Waals surface area contributed by atoms with Gasteiger partial charge in [-0.15, -0.1) is 11.5 Å². The molecule has 4 aromatic rings. The Kier molecular flexibility index (Phi) is 3.89. The summed E-state index contributed by atoms with van der Waals surface area (Å²) in [4.78, 5) is 0. The van der Waals surface area contributed by atoms with Crippen LogP contribution < -0.4 is 5.22 Å². The molecule has 0 saturated heterocycles. The Bertz CT molecular complexity index is 1460. The average molecular weight is 356 g/mol. The molecule has 0 bridgehead atoms. The number of benzene rings is 4.